The molecule has 4 atom stereocenters. The maximum absolute atomic E-state index is 13.1. The maximum Gasteiger partial charge on any atom is 0.326 e. The molecule has 0 bridgehead atoms. The molecule has 12 nitrogen and oxygen atoms in total. The second kappa shape index (κ2) is 13.2. The highest BCUT2D eigenvalue weighted by molar-refractivity contribution is 7.80. The van der Waals surface area contributed by atoms with Crippen molar-refractivity contribution in [2.45, 2.75) is 62.7 Å². The number of rotatable bonds is 13. The molecule has 2 rings (SSSR count). The van der Waals surface area contributed by atoms with Gasteiger partial charge in [0.1, 0.15) is 18.1 Å². The van der Waals surface area contributed by atoms with Gasteiger partial charge in [0.15, 0.2) is 0 Å². The van der Waals surface area contributed by atoms with Crippen molar-refractivity contribution in [3.05, 3.63) is 18.2 Å². The lowest BCUT2D eigenvalue weighted by Crippen LogP contribution is -2.57. The van der Waals surface area contributed by atoms with Gasteiger partial charge in [0, 0.05) is 30.6 Å². The second-order valence-corrected chi connectivity index (χ2v) is 8.37. The Labute approximate surface area is 197 Å². The highest BCUT2D eigenvalue weighted by Crippen LogP contribution is 2.19. The largest absolute Gasteiger partial charge is 0.480 e. The first-order valence-corrected chi connectivity index (χ1v) is 11.6. The highest BCUT2D eigenvalue weighted by Gasteiger charge is 2.38. The minimum Gasteiger partial charge on any atom is -0.480 e. The summed E-state index contributed by atoms with van der Waals surface area (Å²) in [5.41, 5.74) is 12.1. The zero-order chi connectivity index (χ0) is 24.4. The predicted octanol–water partition coefficient (Wildman–Crippen LogP) is -1.62. The summed E-state index contributed by atoms with van der Waals surface area (Å²) >= 11 is 4.18. The van der Waals surface area contributed by atoms with Crippen molar-refractivity contribution in [3.63, 3.8) is 0 Å². The van der Waals surface area contributed by atoms with Gasteiger partial charge in [0.2, 0.25) is 17.7 Å². The topological polar surface area (TPSA) is 197 Å². The number of thiol groups is 1. The van der Waals surface area contributed by atoms with Gasteiger partial charge in [-0.05, 0) is 38.6 Å². The zero-order valence-corrected chi connectivity index (χ0v) is 19.3. The van der Waals surface area contributed by atoms with E-state index in [0.717, 1.165) is 0 Å². The first-order valence-electron chi connectivity index (χ1n) is 11.0. The van der Waals surface area contributed by atoms with E-state index in [2.05, 4.69) is 33.2 Å². The van der Waals surface area contributed by atoms with Crippen LogP contribution in [0.1, 0.15) is 37.8 Å². The Kier molecular flexibility index (Phi) is 10.6. The Morgan fingerprint density at radius 1 is 1.27 bits per heavy atom. The quantitative estimate of drug-likeness (QED) is 0.128. The van der Waals surface area contributed by atoms with Crippen molar-refractivity contribution >= 4 is 36.3 Å². The summed E-state index contributed by atoms with van der Waals surface area (Å²) in [6.45, 7) is 0.760. The molecule has 1 aromatic heterocycles. The van der Waals surface area contributed by atoms with E-state index in [0.29, 0.717) is 44.5 Å². The number of aliphatic carboxylic acids is 1. The van der Waals surface area contributed by atoms with Crippen LogP contribution < -0.4 is 22.1 Å². The number of amides is 3. The van der Waals surface area contributed by atoms with Gasteiger partial charge in [-0.15, -0.1) is 0 Å². The zero-order valence-electron chi connectivity index (χ0n) is 18.4. The van der Waals surface area contributed by atoms with E-state index in [9.17, 15) is 24.3 Å². The molecule has 1 aliphatic heterocycles. The first kappa shape index (κ1) is 26.6. The molecule has 2 heterocycles. The van der Waals surface area contributed by atoms with Crippen LogP contribution in [0.5, 0.6) is 0 Å². The van der Waals surface area contributed by atoms with Crippen molar-refractivity contribution < 1.29 is 24.3 Å². The van der Waals surface area contributed by atoms with Crippen molar-refractivity contribution in [2.75, 3.05) is 18.8 Å². The van der Waals surface area contributed by atoms with E-state index in [1.54, 1.807) is 6.20 Å². The smallest absolute Gasteiger partial charge is 0.326 e. The number of H-pyrrole nitrogens is 1. The van der Waals surface area contributed by atoms with E-state index in [1.807, 2.05) is 0 Å². The number of hydrogen-bond donors (Lipinski definition) is 7. The third kappa shape index (κ3) is 7.72. The number of likely N-dealkylation sites (tertiary alicyclic amines) is 1. The summed E-state index contributed by atoms with van der Waals surface area (Å²) in [5, 5.41) is 14.5. The lowest BCUT2D eigenvalue weighted by molar-refractivity contribution is -0.144. The summed E-state index contributed by atoms with van der Waals surface area (Å²) in [7, 11) is 0. The van der Waals surface area contributed by atoms with Crippen LogP contribution >= 0.6 is 12.6 Å². The van der Waals surface area contributed by atoms with Gasteiger partial charge in [0.25, 0.3) is 0 Å². The molecular formula is C20H33N7O5S. The molecule has 0 aromatic carbocycles. The Balaban J connectivity index is 1.98. The fourth-order valence-electron chi connectivity index (χ4n) is 3.71. The van der Waals surface area contributed by atoms with Crippen LogP contribution in [-0.2, 0) is 25.6 Å². The van der Waals surface area contributed by atoms with Crippen LogP contribution in [0.3, 0.4) is 0 Å². The summed E-state index contributed by atoms with van der Waals surface area (Å²) in [4.78, 5) is 58.0. The van der Waals surface area contributed by atoms with Crippen LogP contribution in [-0.4, -0.2) is 86.7 Å². The van der Waals surface area contributed by atoms with E-state index >= 15 is 0 Å². The number of aromatic nitrogens is 2. The molecule has 1 aliphatic rings. The number of nitrogens with zero attached hydrogens (tertiary/aromatic N) is 2. The van der Waals surface area contributed by atoms with Gasteiger partial charge in [-0.3, -0.25) is 14.4 Å². The molecule has 1 fully saturated rings. The molecule has 0 saturated carbocycles. The number of carboxylic acid groups (broad SMARTS) is 1. The van der Waals surface area contributed by atoms with Gasteiger partial charge in [0.05, 0.1) is 12.4 Å². The van der Waals surface area contributed by atoms with Crippen LogP contribution in [0.4, 0.5) is 0 Å². The minimum atomic E-state index is -1.14. The normalized spacial score (nSPS) is 18.4. The number of unbranched alkanes of at least 4 members (excludes halogenated alkanes) is 1. The van der Waals surface area contributed by atoms with Crippen LogP contribution in [0.2, 0.25) is 0 Å². The molecule has 1 saturated heterocycles. The second-order valence-electron chi connectivity index (χ2n) is 8.00. The third-order valence-electron chi connectivity index (χ3n) is 5.53. The molecule has 184 valence electrons. The fourth-order valence-corrected chi connectivity index (χ4v) is 3.96. The van der Waals surface area contributed by atoms with Crippen molar-refractivity contribution in [1.82, 2.24) is 25.5 Å². The van der Waals surface area contributed by atoms with Crippen LogP contribution in [0, 0.1) is 0 Å². The van der Waals surface area contributed by atoms with E-state index in [1.165, 1.54) is 11.2 Å². The number of carbonyl (C=O) groups is 4. The highest BCUT2D eigenvalue weighted by atomic mass is 32.1. The summed E-state index contributed by atoms with van der Waals surface area (Å²) in [6, 6.07) is -3.74. The standard InChI is InChI=1S/C20H33N7O5S/c21-6-2-1-4-14(20(31)32)25-18(29)16-5-3-7-27(16)19(30)15(10-33)26-17(28)13(22)8-12-9-23-11-24-12/h9,11,13-16,33H,1-8,10,21-22H2,(H,23,24)(H,25,29)(H,26,28)(H,31,32). The molecule has 0 radical (unpaired) electrons. The van der Waals surface area contributed by atoms with E-state index in [-0.39, 0.29) is 18.6 Å². The Morgan fingerprint density at radius 2 is 2.03 bits per heavy atom. The molecule has 0 spiro atoms. The van der Waals surface area contributed by atoms with Crippen molar-refractivity contribution in [3.8, 4) is 0 Å². The van der Waals surface area contributed by atoms with Gasteiger partial charge in [-0.2, -0.15) is 12.6 Å². The number of hydrogen-bond acceptors (Lipinski definition) is 8. The number of carbonyl (C=O) groups excluding carboxylic acids is 3. The first-order chi connectivity index (χ1) is 15.8. The predicted molar refractivity (Wildman–Crippen MR) is 123 cm³/mol. The molecule has 0 aliphatic carbocycles. The number of imidazole rings is 1. The Bertz CT molecular complexity index is 807. The number of nitrogens with one attached hydrogen (secondary N) is 3. The molecule has 1 aromatic rings. The SMILES string of the molecule is NCCCCC(NC(=O)C1CCCN1C(=O)C(CS)NC(=O)C(N)Cc1cnc[nH]1)C(=O)O. The Morgan fingerprint density at radius 3 is 2.64 bits per heavy atom. The molecule has 8 N–H and O–H groups in total. The molecule has 3 amide bonds. The van der Waals surface area contributed by atoms with E-state index in [4.69, 9.17) is 11.5 Å². The minimum absolute atomic E-state index is 0.0169. The lowest BCUT2D eigenvalue weighted by Gasteiger charge is -2.29. The van der Waals surface area contributed by atoms with E-state index < -0.39 is 47.9 Å². The number of nitrogens with two attached hydrogens (primary N) is 2. The lowest BCUT2D eigenvalue weighted by atomic mass is 10.1. The van der Waals surface area contributed by atoms with Crippen LogP contribution in [0.25, 0.3) is 0 Å². The van der Waals surface area contributed by atoms with Gasteiger partial charge < -0.3 is 37.1 Å². The summed E-state index contributed by atoms with van der Waals surface area (Å²) in [6.07, 6.45) is 5.71. The molecule has 4 unspecified atom stereocenters. The average molecular weight is 484 g/mol. The van der Waals surface area contributed by atoms with Gasteiger partial charge >= 0.3 is 5.97 Å². The number of carboxylic acids is 1. The van der Waals surface area contributed by atoms with Gasteiger partial charge in [-0.1, -0.05) is 0 Å². The maximum atomic E-state index is 13.1. The fraction of sp³-hybridized carbons (Fsp3) is 0.650. The summed E-state index contributed by atoms with van der Waals surface area (Å²) in [5.74, 6) is -2.63. The van der Waals surface area contributed by atoms with Crippen LogP contribution in [0.15, 0.2) is 12.5 Å². The van der Waals surface area contributed by atoms with Crippen molar-refractivity contribution in [1.29, 1.82) is 0 Å². The third-order valence-corrected chi connectivity index (χ3v) is 5.89. The molecular weight excluding hydrogens is 450 g/mol. The monoisotopic (exact) mass is 483 g/mol. The molecule has 13 heteroatoms. The summed E-state index contributed by atoms with van der Waals surface area (Å²) < 4.78 is 0. The Hall–Kier alpha value is -2.64. The number of aromatic amines is 1. The average Bonchev–Trinajstić information content (AvgIpc) is 3.48. The molecule has 33 heavy (non-hydrogen) atoms. The van der Waals surface area contributed by atoms with Crippen molar-refractivity contribution in [2.24, 2.45) is 11.5 Å². The van der Waals surface area contributed by atoms with Gasteiger partial charge in [-0.25, -0.2) is 9.78 Å².